The van der Waals surface area contributed by atoms with Gasteiger partial charge in [-0.2, -0.15) is 0 Å². The Hall–Kier alpha value is -3.45. The van der Waals surface area contributed by atoms with Gasteiger partial charge in [0.2, 0.25) is 0 Å². The van der Waals surface area contributed by atoms with Gasteiger partial charge in [-0.05, 0) is 71.8 Å². The Balaban J connectivity index is 1.82. The summed E-state index contributed by atoms with van der Waals surface area (Å²) < 4.78 is 0. The van der Waals surface area contributed by atoms with E-state index in [1.807, 2.05) is 6.20 Å². The Labute approximate surface area is 171 Å². The fourth-order valence-electron chi connectivity index (χ4n) is 4.35. The molecule has 0 aliphatic carbocycles. The molecule has 140 valence electrons. The van der Waals surface area contributed by atoms with Crippen molar-refractivity contribution in [2.24, 2.45) is 0 Å². The minimum atomic E-state index is 1.07. The third-order valence-corrected chi connectivity index (χ3v) is 5.67. The molecule has 4 aromatic carbocycles. The molecule has 1 heteroatoms. The molecule has 0 saturated heterocycles. The van der Waals surface area contributed by atoms with Gasteiger partial charge in [-0.3, -0.25) is 4.98 Å². The van der Waals surface area contributed by atoms with Gasteiger partial charge in [0.15, 0.2) is 0 Å². The van der Waals surface area contributed by atoms with Crippen molar-refractivity contribution in [3.8, 4) is 22.4 Å². The van der Waals surface area contributed by atoms with Gasteiger partial charge in [0.05, 0.1) is 5.69 Å². The molecular weight excluding hydrogens is 350 g/mol. The zero-order valence-corrected chi connectivity index (χ0v) is 17.0. The molecular formula is C28H23N. The first-order valence-corrected chi connectivity index (χ1v) is 10.1. The molecule has 0 aliphatic rings. The van der Waals surface area contributed by atoms with Crippen LogP contribution in [0.25, 0.3) is 43.9 Å². The van der Waals surface area contributed by atoms with Gasteiger partial charge in [0.25, 0.3) is 0 Å². The molecule has 0 saturated carbocycles. The molecule has 5 aromatic rings. The van der Waals surface area contributed by atoms with Gasteiger partial charge in [0, 0.05) is 17.1 Å². The van der Waals surface area contributed by atoms with Crippen molar-refractivity contribution in [3.63, 3.8) is 0 Å². The summed E-state index contributed by atoms with van der Waals surface area (Å²) in [5.41, 5.74) is 8.48. The van der Waals surface area contributed by atoms with Crippen LogP contribution in [0.5, 0.6) is 0 Å². The van der Waals surface area contributed by atoms with E-state index in [1.54, 1.807) is 0 Å². The van der Waals surface area contributed by atoms with E-state index in [0.717, 1.165) is 5.69 Å². The van der Waals surface area contributed by atoms with Crippen LogP contribution in [-0.4, -0.2) is 4.98 Å². The number of hydrogen-bond donors (Lipinski definition) is 0. The summed E-state index contributed by atoms with van der Waals surface area (Å²) in [6.07, 6.45) is 2.00. The van der Waals surface area contributed by atoms with Gasteiger partial charge >= 0.3 is 0 Å². The summed E-state index contributed by atoms with van der Waals surface area (Å²) >= 11 is 0. The molecule has 1 aromatic heterocycles. The highest BCUT2D eigenvalue weighted by Gasteiger charge is 2.12. The highest BCUT2D eigenvalue weighted by molar-refractivity contribution is 6.14. The molecule has 0 bridgehead atoms. The van der Waals surface area contributed by atoms with Crippen LogP contribution in [0.3, 0.4) is 0 Å². The van der Waals surface area contributed by atoms with Gasteiger partial charge in [-0.1, -0.05) is 71.8 Å². The van der Waals surface area contributed by atoms with Crippen molar-refractivity contribution >= 4 is 21.5 Å². The van der Waals surface area contributed by atoms with Crippen LogP contribution >= 0.6 is 0 Å². The molecule has 0 atom stereocenters. The van der Waals surface area contributed by atoms with E-state index in [1.165, 1.54) is 54.9 Å². The van der Waals surface area contributed by atoms with Crippen molar-refractivity contribution < 1.29 is 0 Å². The quantitative estimate of drug-likeness (QED) is 0.290. The molecule has 0 unspecified atom stereocenters. The van der Waals surface area contributed by atoms with Crippen molar-refractivity contribution in [2.75, 3.05) is 0 Å². The number of pyridine rings is 1. The Morgan fingerprint density at radius 3 is 2.07 bits per heavy atom. The van der Waals surface area contributed by atoms with E-state index in [4.69, 9.17) is 4.98 Å². The predicted molar refractivity (Wildman–Crippen MR) is 124 cm³/mol. The maximum absolute atomic E-state index is 4.89. The largest absolute Gasteiger partial charge is 0.255 e. The van der Waals surface area contributed by atoms with E-state index in [0.29, 0.717) is 0 Å². The van der Waals surface area contributed by atoms with Crippen LogP contribution in [0, 0.1) is 20.8 Å². The first-order chi connectivity index (χ1) is 14.1. The van der Waals surface area contributed by atoms with Crippen molar-refractivity contribution in [3.05, 3.63) is 102 Å². The summed E-state index contributed by atoms with van der Waals surface area (Å²) in [7, 11) is 0. The molecule has 0 radical (unpaired) electrons. The molecule has 0 N–H and O–H groups in total. The van der Waals surface area contributed by atoms with Crippen molar-refractivity contribution in [1.29, 1.82) is 0 Å². The second-order valence-corrected chi connectivity index (χ2v) is 7.96. The summed E-state index contributed by atoms with van der Waals surface area (Å²) in [5.74, 6) is 0. The fourth-order valence-corrected chi connectivity index (χ4v) is 4.35. The van der Waals surface area contributed by atoms with E-state index >= 15 is 0 Å². The standard InChI is InChI=1S/C28H23N/c1-18-13-19(2)15-24(14-18)28-27-25(20(3)17-29-28)11-10-23-16-22(9-12-26(23)27)21-7-5-4-6-8-21/h4-17H,1-3H3. The Morgan fingerprint density at radius 1 is 0.586 bits per heavy atom. The van der Waals surface area contributed by atoms with E-state index < -0.39 is 0 Å². The first kappa shape index (κ1) is 17.6. The number of nitrogens with zero attached hydrogens (tertiary/aromatic N) is 1. The normalized spacial score (nSPS) is 11.3. The lowest BCUT2D eigenvalue weighted by Crippen LogP contribution is -1.92. The maximum atomic E-state index is 4.89. The molecule has 29 heavy (non-hydrogen) atoms. The molecule has 1 heterocycles. The van der Waals surface area contributed by atoms with Gasteiger partial charge in [-0.25, -0.2) is 0 Å². The number of hydrogen-bond acceptors (Lipinski definition) is 1. The number of aryl methyl sites for hydroxylation is 3. The summed E-state index contributed by atoms with van der Waals surface area (Å²) in [5, 5.41) is 5.02. The van der Waals surface area contributed by atoms with Gasteiger partial charge in [-0.15, -0.1) is 0 Å². The highest BCUT2D eigenvalue weighted by Crippen LogP contribution is 2.36. The minimum Gasteiger partial charge on any atom is -0.255 e. The summed E-state index contributed by atoms with van der Waals surface area (Å²) in [6.45, 7) is 6.44. The molecule has 0 aliphatic heterocycles. The lowest BCUT2D eigenvalue weighted by atomic mass is 9.93. The average molecular weight is 373 g/mol. The third kappa shape index (κ3) is 3.09. The Morgan fingerprint density at radius 2 is 1.31 bits per heavy atom. The second-order valence-electron chi connectivity index (χ2n) is 7.96. The minimum absolute atomic E-state index is 1.07. The van der Waals surface area contributed by atoms with Crippen LogP contribution in [0.15, 0.2) is 85.1 Å². The van der Waals surface area contributed by atoms with Crippen LogP contribution in [-0.2, 0) is 0 Å². The molecule has 1 nitrogen and oxygen atoms in total. The first-order valence-electron chi connectivity index (χ1n) is 10.1. The zero-order valence-electron chi connectivity index (χ0n) is 17.0. The number of rotatable bonds is 2. The lowest BCUT2D eigenvalue weighted by Gasteiger charge is -2.13. The third-order valence-electron chi connectivity index (χ3n) is 5.67. The van der Waals surface area contributed by atoms with Crippen molar-refractivity contribution in [1.82, 2.24) is 4.98 Å². The van der Waals surface area contributed by atoms with Crippen molar-refractivity contribution in [2.45, 2.75) is 20.8 Å². The number of benzene rings is 4. The second kappa shape index (κ2) is 6.86. The Kier molecular flexibility index (Phi) is 4.17. The monoisotopic (exact) mass is 373 g/mol. The van der Waals surface area contributed by atoms with Crippen LogP contribution in [0.1, 0.15) is 16.7 Å². The van der Waals surface area contributed by atoms with Crippen LogP contribution in [0.2, 0.25) is 0 Å². The van der Waals surface area contributed by atoms with Crippen LogP contribution < -0.4 is 0 Å². The fraction of sp³-hybridized carbons (Fsp3) is 0.107. The topological polar surface area (TPSA) is 12.9 Å². The average Bonchev–Trinajstić information content (AvgIpc) is 2.73. The van der Waals surface area contributed by atoms with Gasteiger partial charge in [0.1, 0.15) is 0 Å². The van der Waals surface area contributed by atoms with E-state index in [9.17, 15) is 0 Å². The maximum Gasteiger partial charge on any atom is 0.0786 e. The summed E-state index contributed by atoms with van der Waals surface area (Å²) in [6, 6.07) is 28.5. The number of aromatic nitrogens is 1. The molecule has 5 rings (SSSR count). The van der Waals surface area contributed by atoms with Gasteiger partial charge < -0.3 is 0 Å². The molecule has 0 amide bonds. The zero-order chi connectivity index (χ0) is 20.0. The van der Waals surface area contributed by atoms with E-state index in [2.05, 4.69) is 99.6 Å². The smallest absolute Gasteiger partial charge is 0.0786 e. The highest BCUT2D eigenvalue weighted by atomic mass is 14.7. The SMILES string of the molecule is Cc1cc(C)cc(-c2ncc(C)c3ccc4cc(-c5ccccc5)ccc4c23)c1. The Bertz CT molecular complexity index is 1340. The summed E-state index contributed by atoms with van der Waals surface area (Å²) in [4.78, 5) is 4.89. The molecule has 0 fully saturated rings. The van der Waals surface area contributed by atoms with E-state index in [-0.39, 0.29) is 0 Å². The predicted octanol–water partition coefficient (Wildman–Crippen LogP) is 7.65. The molecule has 0 spiro atoms. The van der Waals surface area contributed by atoms with Crippen LogP contribution in [0.4, 0.5) is 0 Å². The lowest BCUT2D eigenvalue weighted by molar-refractivity contribution is 1.29. The number of fused-ring (bicyclic) bond motifs is 3.